The second-order valence-electron chi connectivity index (χ2n) is 5.00. The summed E-state index contributed by atoms with van der Waals surface area (Å²) < 4.78 is 16.5. The zero-order valence-electron chi connectivity index (χ0n) is 11.7. The van der Waals surface area contributed by atoms with Gasteiger partial charge in [0.25, 0.3) is 0 Å². The van der Waals surface area contributed by atoms with E-state index in [0.717, 1.165) is 25.9 Å². The lowest BCUT2D eigenvalue weighted by Crippen LogP contribution is -2.21. The van der Waals surface area contributed by atoms with Crippen LogP contribution in [0.2, 0.25) is 0 Å². The summed E-state index contributed by atoms with van der Waals surface area (Å²) in [6.07, 6.45) is 3.35. The Morgan fingerprint density at radius 2 is 2.15 bits per heavy atom. The normalized spacial score (nSPS) is 18.9. The molecule has 0 aromatic carbocycles. The van der Waals surface area contributed by atoms with E-state index in [0.29, 0.717) is 12.4 Å². The van der Waals surface area contributed by atoms with Gasteiger partial charge in [0.15, 0.2) is 17.8 Å². The van der Waals surface area contributed by atoms with Gasteiger partial charge in [0.1, 0.15) is 18.2 Å². The predicted octanol–water partition coefficient (Wildman–Crippen LogP) is 2.87. The van der Waals surface area contributed by atoms with E-state index in [-0.39, 0.29) is 36.5 Å². The summed E-state index contributed by atoms with van der Waals surface area (Å²) in [6.45, 7) is 2.50. The Kier molecular flexibility index (Phi) is 5.49. The Morgan fingerprint density at radius 3 is 2.85 bits per heavy atom. The maximum Gasteiger partial charge on any atom is 0.198 e. The Morgan fingerprint density at radius 1 is 1.30 bits per heavy atom. The number of hydrogen-bond donors (Lipinski definition) is 0. The first kappa shape index (κ1) is 14.9. The van der Waals surface area contributed by atoms with Crippen LogP contribution in [0.15, 0.2) is 16.5 Å². The summed E-state index contributed by atoms with van der Waals surface area (Å²) >= 11 is 0. The van der Waals surface area contributed by atoms with E-state index in [9.17, 15) is 9.59 Å². The van der Waals surface area contributed by atoms with E-state index >= 15 is 0 Å². The number of ether oxygens (including phenoxy) is 2. The molecular weight excluding hydrogens is 260 g/mol. The van der Waals surface area contributed by atoms with Gasteiger partial charge in [-0.1, -0.05) is 0 Å². The van der Waals surface area contributed by atoms with Crippen molar-refractivity contribution >= 4 is 11.6 Å². The van der Waals surface area contributed by atoms with Gasteiger partial charge in [0.2, 0.25) is 0 Å². The number of Topliss-reactive ketones (excluding diaryl/α,β-unsaturated/α-hetero) is 2. The molecule has 0 amide bonds. The van der Waals surface area contributed by atoms with Gasteiger partial charge in [-0.05, 0) is 38.3 Å². The van der Waals surface area contributed by atoms with Crippen LogP contribution in [-0.2, 0) is 20.9 Å². The number of hydrogen-bond acceptors (Lipinski definition) is 5. The first-order chi connectivity index (χ1) is 9.65. The monoisotopic (exact) mass is 280 g/mol. The fourth-order valence-corrected chi connectivity index (χ4v) is 2.04. The van der Waals surface area contributed by atoms with Crippen LogP contribution in [0.5, 0.6) is 0 Å². The third-order valence-corrected chi connectivity index (χ3v) is 3.19. The summed E-state index contributed by atoms with van der Waals surface area (Å²) in [7, 11) is 0. The molecule has 5 nitrogen and oxygen atoms in total. The predicted molar refractivity (Wildman–Crippen MR) is 71.3 cm³/mol. The van der Waals surface area contributed by atoms with Crippen molar-refractivity contribution in [1.29, 1.82) is 0 Å². The zero-order valence-corrected chi connectivity index (χ0v) is 11.7. The molecule has 20 heavy (non-hydrogen) atoms. The van der Waals surface area contributed by atoms with Crippen LogP contribution in [0.3, 0.4) is 0 Å². The average molecular weight is 280 g/mol. The SMILES string of the molecule is CC(=O)CCC(=O)c1ccc(COC2CCCCO2)o1. The highest BCUT2D eigenvalue weighted by Gasteiger charge is 2.16. The van der Waals surface area contributed by atoms with Crippen molar-refractivity contribution in [3.05, 3.63) is 23.7 Å². The van der Waals surface area contributed by atoms with E-state index in [4.69, 9.17) is 13.9 Å². The Balaban J connectivity index is 1.79. The van der Waals surface area contributed by atoms with E-state index in [1.54, 1.807) is 12.1 Å². The van der Waals surface area contributed by atoms with Crippen LogP contribution >= 0.6 is 0 Å². The second kappa shape index (κ2) is 7.36. The van der Waals surface area contributed by atoms with Gasteiger partial charge >= 0.3 is 0 Å². The highest BCUT2D eigenvalue weighted by Crippen LogP contribution is 2.17. The molecule has 2 rings (SSSR count). The lowest BCUT2D eigenvalue weighted by molar-refractivity contribution is -0.171. The lowest BCUT2D eigenvalue weighted by Gasteiger charge is -2.22. The van der Waals surface area contributed by atoms with Gasteiger partial charge in [-0.25, -0.2) is 0 Å². The van der Waals surface area contributed by atoms with Crippen LogP contribution in [-0.4, -0.2) is 24.5 Å². The highest BCUT2D eigenvalue weighted by molar-refractivity contribution is 5.95. The van der Waals surface area contributed by atoms with Crippen LogP contribution in [0.1, 0.15) is 55.3 Å². The van der Waals surface area contributed by atoms with Crippen LogP contribution in [0.25, 0.3) is 0 Å². The Labute approximate surface area is 118 Å². The van der Waals surface area contributed by atoms with Gasteiger partial charge in [-0.15, -0.1) is 0 Å². The zero-order chi connectivity index (χ0) is 14.4. The molecule has 1 aromatic heterocycles. The van der Waals surface area contributed by atoms with Crippen molar-refractivity contribution in [2.24, 2.45) is 0 Å². The van der Waals surface area contributed by atoms with Gasteiger partial charge in [-0.3, -0.25) is 4.79 Å². The number of rotatable bonds is 7. The van der Waals surface area contributed by atoms with Crippen molar-refractivity contribution < 1.29 is 23.5 Å². The van der Waals surface area contributed by atoms with E-state index in [1.807, 2.05) is 0 Å². The van der Waals surface area contributed by atoms with Crippen molar-refractivity contribution in [2.75, 3.05) is 6.61 Å². The molecule has 110 valence electrons. The fraction of sp³-hybridized carbons (Fsp3) is 0.600. The molecule has 1 aliphatic rings. The molecule has 0 radical (unpaired) electrons. The summed E-state index contributed by atoms with van der Waals surface area (Å²) in [5.74, 6) is 0.739. The van der Waals surface area contributed by atoms with Gasteiger partial charge in [-0.2, -0.15) is 0 Å². The molecule has 1 aliphatic heterocycles. The van der Waals surface area contributed by atoms with E-state index in [2.05, 4.69) is 0 Å². The number of furan rings is 1. The molecule has 1 unspecified atom stereocenters. The molecule has 1 saturated heterocycles. The largest absolute Gasteiger partial charge is 0.456 e. The Hall–Kier alpha value is -1.46. The van der Waals surface area contributed by atoms with Gasteiger partial charge < -0.3 is 18.7 Å². The molecule has 0 spiro atoms. The van der Waals surface area contributed by atoms with Gasteiger partial charge in [0, 0.05) is 19.4 Å². The molecule has 1 aromatic rings. The minimum atomic E-state index is -0.175. The second-order valence-corrected chi connectivity index (χ2v) is 5.00. The maximum atomic E-state index is 11.8. The van der Waals surface area contributed by atoms with Crippen molar-refractivity contribution in [3.63, 3.8) is 0 Å². The summed E-state index contributed by atoms with van der Waals surface area (Å²) in [5, 5.41) is 0. The minimum Gasteiger partial charge on any atom is -0.456 e. The molecule has 0 bridgehead atoms. The van der Waals surface area contributed by atoms with Gasteiger partial charge in [0.05, 0.1) is 0 Å². The standard InChI is InChI=1S/C15H20O5/c1-11(16)5-7-13(17)14-8-6-12(20-14)10-19-15-4-2-3-9-18-15/h6,8,15H,2-5,7,9-10H2,1H3. The van der Waals surface area contributed by atoms with E-state index in [1.165, 1.54) is 6.92 Å². The third-order valence-electron chi connectivity index (χ3n) is 3.19. The molecule has 2 heterocycles. The minimum absolute atomic E-state index is 0.00269. The molecule has 0 aliphatic carbocycles. The molecule has 0 saturated carbocycles. The third kappa shape index (κ3) is 4.58. The first-order valence-corrected chi connectivity index (χ1v) is 6.99. The number of carbonyl (C=O) groups excluding carboxylic acids is 2. The Bertz CT molecular complexity index is 457. The van der Waals surface area contributed by atoms with Crippen molar-refractivity contribution in [1.82, 2.24) is 0 Å². The molecule has 0 N–H and O–H groups in total. The quantitative estimate of drug-likeness (QED) is 0.718. The summed E-state index contributed by atoms with van der Waals surface area (Å²) in [6, 6.07) is 3.35. The number of carbonyl (C=O) groups is 2. The average Bonchev–Trinajstić information content (AvgIpc) is 2.92. The van der Waals surface area contributed by atoms with Crippen molar-refractivity contribution in [3.8, 4) is 0 Å². The molecule has 1 fully saturated rings. The number of ketones is 2. The lowest BCUT2D eigenvalue weighted by atomic mass is 10.1. The first-order valence-electron chi connectivity index (χ1n) is 6.99. The van der Waals surface area contributed by atoms with Crippen molar-refractivity contribution in [2.45, 2.75) is 51.9 Å². The maximum absolute atomic E-state index is 11.8. The fourth-order valence-electron chi connectivity index (χ4n) is 2.04. The molecule has 5 heteroatoms. The summed E-state index contributed by atoms with van der Waals surface area (Å²) in [4.78, 5) is 22.6. The van der Waals surface area contributed by atoms with Crippen LogP contribution in [0.4, 0.5) is 0 Å². The van der Waals surface area contributed by atoms with Crippen LogP contribution < -0.4 is 0 Å². The van der Waals surface area contributed by atoms with Crippen LogP contribution in [0, 0.1) is 0 Å². The molecular formula is C15H20O5. The molecule has 1 atom stereocenters. The van der Waals surface area contributed by atoms with E-state index < -0.39 is 0 Å². The smallest absolute Gasteiger partial charge is 0.198 e. The summed E-state index contributed by atoms with van der Waals surface area (Å²) in [5.41, 5.74) is 0. The topological polar surface area (TPSA) is 65.7 Å². The highest BCUT2D eigenvalue weighted by atomic mass is 16.7.